The summed E-state index contributed by atoms with van der Waals surface area (Å²) in [6.07, 6.45) is 5.79. The van der Waals surface area contributed by atoms with E-state index in [9.17, 15) is 14.0 Å². The Balaban J connectivity index is 1.55. The van der Waals surface area contributed by atoms with E-state index in [0.29, 0.717) is 28.4 Å². The SMILES string of the molecule is Cc1nn(C)cc1[C@@H](C(=O)NC1CCCCC1)N(C(=O)[C@H]1COc2ccccc2O1)c1ccc(F)cc1. The first-order valence-electron chi connectivity index (χ1n) is 12.7. The lowest BCUT2D eigenvalue weighted by Gasteiger charge is -2.36. The van der Waals surface area contributed by atoms with Crippen molar-refractivity contribution in [3.63, 3.8) is 0 Å². The van der Waals surface area contributed by atoms with Crippen molar-refractivity contribution in [2.75, 3.05) is 11.5 Å². The highest BCUT2D eigenvalue weighted by atomic mass is 19.1. The number of hydrogen-bond donors (Lipinski definition) is 1. The summed E-state index contributed by atoms with van der Waals surface area (Å²) in [4.78, 5) is 29.5. The summed E-state index contributed by atoms with van der Waals surface area (Å²) < 4.78 is 27.3. The van der Waals surface area contributed by atoms with Crippen molar-refractivity contribution in [3.05, 3.63) is 71.8 Å². The number of ether oxygens (including phenoxy) is 2. The van der Waals surface area contributed by atoms with Gasteiger partial charge in [-0.2, -0.15) is 5.10 Å². The van der Waals surface area contributed by atoms with Crippen molar-refractivity contribution in [2.45, 2.75) is 57.2 Å². The molecule has 194 valence electrons. The first-order chi connectivity index (χ1) is 17.9. The minimum atomic E-state index is -1.03. The quantitative estimate of drug-likeness (QED) is 0.541. The summed E-state index contributed by atoms with van der Waals surface area (Å²) >= 11 is 0. The largest absolute Gasteiger partial charge is 0.485 e. The van der Waals surface area contributed by atoms with Crippen LogP contribution in [0, 0.1) is 12.7 Å². The number of aryl methyl sites for hydroxylation is 2. The maximum absolute atomic E-state index is 14.1. The monoisotopic (exact) mass is 506 g/mol. The van der Waals surface area contributed by atoms with E-state index >= 15 is 0 Å². The normalized spacial score (nSPS) is 18.2. The fraction of sp³-hybridized carbons (Fsp3) is 0.393. The van der Waals surface area contributed by atoms with E-state index in [4.69, 9.17) is 9.47 Å². The second-order valence-electron chi connectivity index (χ2n) is 9.64. The molecule has 8 nitrogen and oxygen atoms in total. The number of nitrogens with one attached hydrogen (secondary N) is 1. The minimum Gasteiger partial charge on any atom is -0.485 e. The predicted octanol–water partition coefficient (Wildman–Crippen LogP) is 4.23. The van der Waals surface area contributed by atoms with Crippen LogP contribution in [0.1, 0.15) is 49.4 Å². The highest BCUT2D eigenvalue weighted by molar-refractivity contribution is 6.03. The fourth-order valence-electron chi connectivity index (χ4n) is 5.11. The summed E-state index contributed by atoms with van der Waals surface area (Å²) in [5.41, 5.74) is 1.59. The van der Waals surface area contributed by atoms with E-state index in [1.807, 2.05) is 6.07 Å². The van der Waals surface area contributed by atoms with Gasteiger partial charge in [-0.1, -0.05) is 31.4 Å². The molecule has 2 aromatic carbocycles. The first kappa shape index (κ1) is 24.8. The number of anilines is 1. The molecule has 2 aliphatic rings. The Kier molecular flexibility index (Phi) is 7.12. The average Bonchev–Trinajstić information content (AvgIpc) is 3.24. The molecule has 0 radical (unpaired) electrons. The zero-order valence-electron chi connectivity index (χ0n) is 21.0. The van der Waals surface area contributed by atoms with Crippen LogP contribution in [0.3, 0.4) is 0 Å². The molecular weight excluding hydrogens is 475 g/mol. The first-order valence-corrected chi connectivity index (χ1v) is 12.7. The molecule has 0 unspecified atom stereocenters. The van der Waals surface area contributed by atoms with Crippen molar-refractivity contribution in [1.29, 1.82) is 0 Å². The van der Waals surface area contributed by atoms with Gasteiger partial charge in [-0.15, -0.1) is 0 Å². The van der Waals surface area contributed by atoms with Gasteiger partial charge in [-0.25, -0.2) is 4.39 Å². The second-order valence-corrected chi connectivity index (χ2v) is 9.64. The van der Waals surface area contributed by atoms with Gasteiger partial charge in [0.15, 0.2) is 11.5 Å². The zero-order valence-corrected chi connectivity index (χ0v) is 21.0. The van der Waals surface area contributed by atoms with Crippen LogP contribution in [0.15, 0.2) is 54.7 Å². The number of fused-ring (bicyclic) bond motifs is 1. The smallest absolute Gasteiger partial charge is 0.272 e. The predicted molar refractivity (Wildman–Crippen MR) is 136 cm³/mol. The number of carbonyl (C=O) groups is 2. The van der Waals surface area contributed by atoms with Gasteiger partial charge >= 0.3 is 0 Å². The molecule has 0 bridgehead atoms. The number of benzene rings is 2. The Morgan fingerprint density at radius 2 is 1.78 bits per heavy atom. The van der Waals surface area contributed by atoms with Crippen LogP contribution in [0.4, 0.5) is 10.1 Å². The molecule has 1 aliphatic heterocycles. The van der Waals surface area contributed by atoms with Gasteiger partial charge in [0.05, 0.1) is 5.69 Å². The zero-order chi connectivity index (χ0) is 25.9. The van der Waals surface area contributed by atoms with Crippen LogP contribution >= 0.6 is 0 Å². The molecule has 2 amide bonds. The van der Waals surface area contributed by atoms with E-state index in [1.165, 1.54) is 29.2 Å². The summed E-state index contributed by atoms with van der Waals surface area (Å²) in [7, 11) is 1.77. The Bertz CT molecular complexity index is 1270. The van der Waals surface area contributed by atoms with Crippen molar-refractivity contribution in [2.24, 2.45) is 7.05 Å². The topological polar surface area (TPSA) is 85.7 Å². The van der Waals surface area contributed by atoms with Crippen LogP contribution < -0.4 is 19.7 Å². The van der Waals surface area contributed by atoms with Gasteiger partial charge < -0.3 is 14.8 Å². The van der Waals surface area contributed by atoms with Crippen LogP contribution in [0.5, 0.6) is 11.5 Å². The molecule has 37 heavy (non-hydrogen) atoms. The van der Waals surface area contributed by atoms with Gasteiger partial charge in [-0.3, -0.25) is 19.2 Å². The maximum atomic E-state index is 14.1. The summed E-state index contributed by atoms with van der Waals surface area (Å²) in [6.45, 7) is 1.79. The molecule has 9 heteroatoms. The number of carbonyl (C=O) groups excluding carboxylic acids is 2. The molecule has 1 saturated carbocycles. The van der Waals surface area contributed by atoms with Gasteiger partial charge in [-0.05, 0) is 56.2 Å². The third-order valence-corrected chi connectivity index (χ3v) is 6.93. The lowest BCUT2D eigenvalue weighted by Crippen LogP contribution is -2.52. The molecule has 1 aromatic heterocycles. The summed E-state index contributed by atoms with van der Waals surface area (Å²) in [5, 5.41) is 7.61. The molecule has 5 rings (SSSR count). The molecule has 0 spiro atoms. The number of amides is 2. The van der Waals surface area contributed by atoms with Gasteiger partial charge in [0, 0.05) is 30.5 Å². The maximum Gasteiger partial charge on any atom is 0.272 e. The summed E-state index contributed by atoms with van der Waals surface area (Å²) in [6, 6.07) is 11.7. The van der Waals surface area contributed by atoms with Crippen molar-refractivity contribution < 1.29 is 23.5 Å². The molecule has 1 N–H and O–H groups in total. The van der Waals surface area contributed by atoms with E-state index in [-0.39, 0.29) is 18.6 Å². The second kappa shape index (κ2) is 10.6. The fourth-order valence-corrected chi connectivity index (χ4v) is 5.11. The highest BCUT2D eigenvalue weighted by Gasteiger charge is 2.41. The van der Waals surface area contributed by atoms with Crippen molar-refractivity contribution in [1.82, 2.24) is 15.1 Å². The van der Waals surface area contributed by atoms with E-state index in [0.717, 1.165) is 32.1 Å². The van der Waals surface area contributed by atoms with Crippen LogP contribution in [0.25, 0.3) is 0 Å². The molecule has 2 heterocycles. The van der Waals surface area contributed by atoms with Crippen molar-refractivity contribution >= 4 is 17.5 Å². The Morgan fingerprint density at radius 1 is 1.08 bits per heavy atom. The molecular formula is C28H31FN4O4. The van der Waals surface area contributed by atoms with Crippen LogP contribution in [0.2, 0.25) is 0 Å². The number of rotatable bonds is 6. The lowest BCUT2D eigenvalue weighted by atomic mass is 9.94. The number of nitrogens with zero attached hydrogens (tertiary/aromatic N) is 3. The highest BCUT2D eigenvalue weighted by Crippen LogP contribution is 2.35. The third kappa shape index (κ3) is 5.30. The number of hydrogen-bond acceptors (Lipinski definition) is 5. The van der Waals surface area contributed by atoms with Crippen LogP contribution in [-0.2, 0) is 16.6 Å². The van der Waals surface area contributed by atoms with E-state index in [1.54, 1.807) is 43.0 Å². The molecule has 3 aromatic rings. The van der Waals surface area contributed by atoms with E-state index in [2.05, 4.69) is 10.4 Å². The number of halogens is 1. The Hall–Kier alpha value is -3.88. The van der Waals surface area contributed by atoms with Gasteiger partial charge in [0.1, 0.15) is 18.5 Å². The lowest BCUT2D eigenvalue weighted by molar-refractivity contribution is -0.132. The molecule has 1 aliphatic carbocycles. The number of aromatic nitrogens is 2. The average molecular weight is 507 g/mol. The summed E-state index contributed by atoms with van der Waals surface area (Å²) in [5.74, 6) is -0.212. The van der Waals surface area contributed by atoms with Gasteiger partial charge in [0.25, 0.3) is 5.91 Å². The van der Waals surface area contributed by atoms with E-state index < -0.39 is 23.9 Å². The Labute approximate surface area is 215 Å². The third-order valence-electron chi connectivity index (χ3n) is 6.93. The molecule has 1 fully saturated rings. The minimum absolute atomic E-state index is 0.0173. The Morgan fingerprint density at radius 3 is 2.46 bits per heavy atom. The number of para-hydroxylation sites is 2. The standard InChI is InChI=1S/C28H31FN4O4/c1-18-22(16-32(2)31-18)26(27(34)30-20-8-4-3-5-9-20)33(21-14-12-19(29)13-15-21)28(35)25-17-36-23-10-6-7-11-24(23)37-25/h6-7,10-16,20,25-26H,3-5,8-9,17H2,1-2H3,(H,30,34)/t25-,26+/m1/s1. The van der Waals surface area contributed by atoms with Crippen molar-refractivity contribution in [3.8, 4) is 11.5 Å². The molecule has 0 saturated heterocycles. The van der Waals surface area contributed by atoms with Gasteiger partial charge in [0.2, 0.25) is 12.0 Å². The molecule has 2 atom stereocenters. The van der Waals surface area contributed by atoms with Crippen LogP contribution in [-0.4, -0.2) is 40.3 Å².